The maximum Gasteiger partial charge on any atom is 0.174 e. The van der Waals surface area contributed by atoms with Crippen LogP contribution >= 0.6 is 31.9 Å². The largest absolute Gasteiger partial charge is 0.478 e. The molecule has 0 amide bonds. The second-order valence-electron chi connectivity index (χ2n) is 4.03. The molecule has 0 atom stereocenters. The zero-order valence-electron chi connectivity index (χ0n) is 10.6. The van der Waals surface area contributed by atoms with E-state index in [9.17, 15) is 0 Å². The van der Waals surface area contributed by atoms with E-state index in [1.54, 1.807) is 0 Å². The van der Waals surface area contributed by atoms with Gasteiger partial charge in [0.2, 0.25) is 0 Å². The summed E-state index contributed by atoms with van der Waals surface area (Å²) in [5.74, 6) is 0.729. The molecular weight excluding hydrogens is 384 g/mol. The van der Waals surface area contributed by atoms with Gasteiger partial charge in [0.05, 0.1) is 0 Å². The zero-order valence-corrected chi connectivity index (χ0v) is 13.7. The number of nitrogens with zero attached hydrogens (tertiary/aromatic N) is 1. The highest BCUT2D eigenvalue weighted by Gasteiger charge is 2.05. The van der Waals surface area contributed by atoms with Gasteiger partial charge in [0.15, 0.2) is 6.61 Å². The predicted molar refractivity (Wildman–Crippen MR) is 86.7 cm³/mol. The number of halogens is 2. The van der Waals surface area contributed by atoms with Gasteiger partial charge in [-0.2, -0.15) is 5.26 Å². The van der Waals surface area contributed by atoms with Crippen molar-refractivity contribution in [3.8, 4) is 11.8 Å². The van der Waals surface area contributed by atoms with Crippen LogP contribution in [0.15, 0.2) is 51.4 Å². The first-order valence-electron chi connectivity index (χ1n) is 5.97. The smallest absolute Gasteiger partial charge is 0.174 e. The average Bonchev–Trinajstić information content (AvgIpc) is 2.47. The van der Waals surface area contributed by atoms with E-state index in [0.717, 1.165) is 25.9 Å². The summed E-state index contributed by atoms with van der Waals surface area (Å²) in [7, 11) is 0. The number of hydrogen-bond acceptors (Lipinski definition) is 3. The lowest BCUT2D eigenvalue weighted by atomic mass is 10.2. The van der Waals surface area contributed by atoms with Gasteiger partial charge >= 0.3 is 0 Å². The fourth-order valence-corrected chi connectivity index (χ4v) is 2.47. The number of para-hydroxylation sites is 1. The van der Waals surface area contributed by atoms with Gasteiger partial charge < -0.3 is 10.1 Å². The topological polar surface area (TPSA) is 45.0 Å². The summed E-state index contributed by atoms with van der Waals surface area (Å²) < 4.78 is 7.41. The van der Waals surface area contributed by atoms with Gasteiger partial charge in [-0.1, -0.05) is 34.1 Å². The number of benzene rings is 2. The highest BCUT2D eigenvalue weighted by Crippen LogP contribution is 2.27. The molecule has 0 unspecified atom stereocenters. The van der Waals surface area contributed by atoms with Crippen molar-refractivity contribution in [2.75, 3.05) is 11.9 Å². The van der Waals surface area contributed by atoms with Crippen molar-refractivity contribution in [2.24, 2.45) is 0 Å². The summed E-state index contributed by atoms with van der Waals surface area (Å²) in [6.07, 6.45) is 0. The van der Waals surface area contributed by atoms with Gasteiger partial charge in [0.25, 0.3) is 0 Å². The Labute approximate surface area is 134 Å². The Bertz CT molecular complexity index is 638. The van der Waals surface area contributed by atoms with Crippen molar-refractivity contribution >= 4 is 37.5 Å². The first-order chi connectivity index (χ1) is 9.70. The Morgan fingerprint density at radius 3 is 2.75 bits per heavy atom. The molecule has 2 aromatic rings. The molecule has 102 valence electrons. The summed E-state index contributed by atoms with van der Waals surface area (Å²) in [6.45, 7) is 0.675. The van der Waals surface area contributed by atoms with Crippen molar-refractivity contribution in [1.29, 1.82) is 5.26 Å². The minimum absolute atomic E-state index is 0.0532. The van der Waals surface area contributed by atoms with Crippen LogP contribution in [0.2, 0.25) is 0 Å². The average molecular weight is 396 g/mol. The molecule has 0 aliphatic carbocycles. The Morgan fingerprint density at radius 2 is 1.95 bits per heavy atom. The molecular formula is C15H12Br2N2O. The van der Waals surface area contributed by atoms with Crippen molar-refractivity contribution in [2.45, 2.75) is 6.54 Å². The molecule has 3 nitrogen and oxygen atoms in total. The maximum absolute atomic E-state index is 8.59. The van der Waals surface area contributed by atoms with E-state index >= 15 is 0 Å². The molecule has 2 aromatic carbocycles. The van der Waals surface area contributed by atoms with Crippen LogP contribution < -0.4 is 10.1 Å². The molecule has 5 heteroatoms. The lowest BCUT2D eigenvalue weighted by Gasteiger charge is -2.12. The molecule has 0 fully saturated rings. The Balaban J connectivity index is 2.11. The fourth-order valence-electron chi connectivity index (χ4n) is 1.72. The standard InChI is InChI=1S/C15H12Br2N2O/c16-12-5-6-13(17)14(9-12)19-10-11-3-1-2-4-15(11)20-8-7-18/h1-6,9,19H,8,10H2. The third-order valence-corrected chi connectivity index (χ3v) is 3.85. The van der Waals surface area contributed by atoms with E-state index in [1.807, 2.05) is 48.5 Å². The zero-order chi connectivity index (χ0) is 14.4. The Morgan fingerprint density at radius 1 is 1.15 bits per heavy atom. The minimum atomic E-state index is 0.0532. The molecule has 2 rings (SSSR count). The number of rotatable bonds is 5. The second kappa shape index (κ2) is 7.32. The van der Waals surface area contributed by atoms with E-state index in [1.165, 1.54) is 0 Å². The molecule has 0 saturated carbocycles. The van der Waals surface area contributed by atoms with Crippen LogP contribution in [0.25, 0.3) is 0 Å². The van der Waals surface area contributed by atoms with Crippen molar-refractivity contribution in [3.63, 3.8) is 0 Å². The van der Waals surface area contributed by atoms with Gasteiger partial charge in [-0.25, -0.2) is 0 Å². The molecule has 20 heavy (non-hydrogen) atoms. The summed E-state index contributed by atoms with van der Waals surface area (Å²) in [6, 6.07) is 15.6. The number of nitriles is 1. The Kier molecular flexibility index (Phi) is 5.45. The molecule has 0 spiro atoms. The molecule has 0 heterocycles. The first-order valence-corrected chi connectivity index (χ1v) is 7.56. The normalized spacial score (nSPS) is 9.85. The summed E-state index contributed by atoms with van der Waals surface area (Å²) >= 11 is 6.96. The van der Waals surface area contributed by atoms with Crippen LogP contribution in [0.3, 0.4) is 0 Å². The van der Waals surface area contributed by atoms with Crippen molar-refractivity contribution < 1.29 is 4.74 Å². The molecule has 0 saturated heterocycles. The van der Waals surface area contributed by atoms with Crippen LogP contribution in [0.4, 0.5) is 5.69 Å². The van der Waals surface area contributed by atoms with E-state index in [4.69, 9.17) is 10.00 Å². The van der Waals surface area contributed by atoms with Gasteiger partial charge in [0.1, 0.15) is 11.8 Å². The van der Waals surface area contributed by atoms with Crippen LogP contribution in [-0.2, 0) is 6.54 Å². The summed E-state index contributed by atoms with van der Waals surface area (Å²) in [5.41, 5.74) is 2.00. The molecule has 1 N–H and O–H groups in total. The Hall–Kier alpha value is -1.51. The number of nitrogens with one attached hydrogen (secondary N) is 1. The van der Waals surface area contributed by atoms with Crippen LogP contribution in [-0.4, -0.2) is 6.61 Å². The van der Waals surface area contributed by atoms with Crippen LogP contribution in [0, 0.1) is 11.3 Å². The van der Waals surface area contributed by atoms with E-state index < -0.39 is 0 Å². The monoisotopic (exact) mass is 394 g/mol. The number of ether oxygens (including phenoxy) is 1. The van der Waals surface area contributed by atoms with Gasteiger partial charge in [0, 0.05) is 26.7 Å². The quantitative estimate of drug-likeness (QED) is 0.796. The third-order valence-electron chi connectivity index (χ3n) is 2.66. The van der Waals surface area contributed by atoms with Crippen LogP contribution in [0.1, 0.15) is 5.56 Å². The van der Waals surface area contributed by atoms with E-state index in [0.29, 0.717) is 6.54 Å². The SMILES string of the molecule is N#CCOc1ccccc1CNc1cc(Br)ccc1Br. The highest BCUT2D eigenvalue weighted by atomic mass is 79.9. The third kappa shape index (κ3) is 3.99. The first kappa shape index (κ1) is 14.9. The molecule has 0 aliphatic heterocycles. The van der Waals surface area contributed by atoms with E-state index in [-0.39, 0.29) is 6.61 Å². The molecule has 0 aromatic heterocycles. The minimum Gasteiger partial charge on any atom is -0.478 e. The molecule has 0 bridgehead atoms. The van der Waals surface area contributed by atoms with Crippen LogP contribution in [0.5, 0.6) is 5.75 Å². The van der Waals surface area contributed by atoms with Crippen molar-refractivity contribution in [1.82, 2.24) is 0 Å². The number of hydrogen-bond donors (Lipinski definition) is 1. The molecule has 0 radical (unpaired) electrons. The fraction of sp³-hybridized carbons (Fsp3) is 0.133. The predicted octanol–water partition coefficient (Wildman–Crippen LogP) is 4.73. The van der Waals surface area contributed by atoms with E-state index in [2.05, 4.69) is 37.2 Å². The highest BCUT2D eigenvalue weighted by molar-refractivity contribution is 9.11. The maximum atomic E-state index is 8.59. The molecule has 0 aliphatic rings. The second-order valence-corrected chi connectivity index (χ2v) is 5.80. The van der Waals surface area contributed by atoms with Crippen molar-refractivity contribution in [3.05, 3.63) is 57.0 Å². The lowest BCUT2D eigenvalue weighted by Crippen LogP contribution is -2.04. The summed E-state index contributed by atoms with van der Waals surface area (Å²) in [5, 5.41) is 11.9. The van der Waals surface area contributed by atoms with Gasteiger partial charge in [-0.15, -0.1) is 0 Å². The van der Waals surface area contributed by atoms with Gasteiger partial charge in [-0.3, -0.25) is 0 Å². The van der Waals surface area contributed by atoms with Gasteiger partial charge in [-0.05, 0) is 40.2 Å². The summed E-state index contributed by atoms with van der Waals surface area (Å²) in [4.78, 5) is 0. The lowest BCUT2D eigenvalue weighted by molar-refractivity contribution is 0.364. The number of anilines is 1.